The second-order valence-electron chi connectivity index (χ2n) is 5.18. The van der Waals surface area contributed by atoms with E-state index in [1.54, 1.807) is 0 Å². The van der Waals surface area contributed by atoms with E-state index >= 15 is 0 Å². The topological polar surface area (TPSA) is 40.5 Å². The second kappa shape index (κ2) is 6.30. The van der Waals surface area contributed by atoms with Crippen molar-refractivity contribution >= 4 is 11.6 Å². The molecule has 2 rings (SSSR count). The Morgan fingerprint density at radius 3 is 1.72 bits per heavy atom. The maximum absolute atomic E-state index is 12.8. The molecule has 0 spiro atoms. The van der Waals surface area contributed by atoms with Gasteiger partial charge < -0.3 is 10.0 Å². The van der Waals surface area contributed by atoms with E-state index in [2.05, 4.69) is 0 Å². The summed E-state index contributed by atoms with van der Waals surface area (Å²) in [5.74, 6) is -1.16. The number of aromatic hydroxyl groups is 1. The number of hydrogen-bond donors (Lipinski definition) is 1. The van der Waals surface area contributed by atoms with Crippen molar-refractivity contribution in [3.63, 3.8) is 0 Å². The molecule has 0 aromatic heterocycles. The Hall–Kier alpha value is -2.71. The van der Waals surface area contributed by atoms with Crippen LogP contribution in [0.15, 0.2) is 42.5 Å². The number of nitrogens with zero attached hydrogens (tertiary/aromatic N) is 1. The predicted octanol–water partition coefficient (Wildman–Crippen LogP) is 4.71. The molecule has 0 unspecified atom stereocenters. The molecule has 9 heteroatoms. The quantitative estimate of drug-likeness (QED) is 0.786. The van der Waals surface area contributed by atoms with Gasteiger partial charge in [-0.25, -0.2) is 0 Å². The summed E-state index contributed by atoms with van der Waals surface area (Å²) in [7, 11) is 1.20. The van der Waals surface area contributed by atoms with E-state index in [-0.39, 0.29) is 17.5 Å². The minimum atomic E-state index is -5.03. The van der Waals surface area contributed by atoms with Gasteiger partial charge in [0.15, 0.2) is 0 Å². The van der Waals surface area contributed by atoms with Crippen LogP contribution in [0.1, 0.15) is 21.5 Å². The molecule has 2 aromatic rings. The molecular weight excluding hydrogens is 352 g/mol. The van der Waals surface area contributed by atoms with E-state index < -0.39 is 35.0 Å². The lowest BCUT2D eigenvalue weighted by atomic mass is 10.0. The molecule has 0 atom stereocenters. The van der Waals surface area contributed by atoms with Crippen LogP contribution in [0.4, 0.5) is 32.0 Å². The van der Waals surface area contributed by atoms with E-state index in [0.29, 0.717) is 12.1 Å². The van der Waals surface area contributed by atoms with E-state index in [4.69, 9.17) is 0 Å². The lowest BCUT2D eigenvalue weighted by Crippen LogP contribution is -2.27. The Bertz CT molecular complexity index is 748. The Morgan fingerprint density at radius 1 is 0.880 bits per heavy atom. The second-order valence-corrected chi connectivity index (χ2v) is 5.18. The lowest BCUT2D eigenvalue weighted by Gasteiger charge is -2.19. The molecular formula is C16H11F6NO2. The van der Waals surface area contributed by atoms with Gasteiger partial charge in [-0.3, -0.25) is 4.79 Å². The van der Waals surface area contributed by atoms with Gasteiger partial charge in [0.1, 0.15) is 5.75 Å². The predicted molar refractivity (Wildman–Crippen MR) is 77.3 cm³/mol. The number of phenolic OH excluding ortho intramolecular Hbond substituents is 1. The average molecular weight is 363 g/mol. The highest BCUT2D eigenvalue weighted by atomic mass is 19.4. The number of amides is 1. The highest BCUT2D eigenvalue weighted by Crippen LogP contribution is 2.36. The third kappa shape index (κ3) is 4.23. The van der Waals surface area contributed by atoms with Gasteiger partial charge in [0, 0.05) is 18.3 Å². The van der Waals surface area contributed by atoms with Gasteiger partial charge in [0.25, 0.3) is 5.91 Å². The summed E-state index contributed by atoms with van der Waals surface area (Å²) >= 11 is 0. The number of phenols is 1. The smallest absolute Gasteiger partial charge is 0.416 e. The Labute approximate surface area is 138 Å². The molecule has 25 heavy (non-hydrogen) atoms. The van der Waals surface area contributed by atoms with Gasteiger partial charge in [0.2, 0.25) is 0 Å². The minimum absolute atomic E-state index is 0.0443. The summed E-state index contributed by atoms with van der Waals surface area (Å²) < 4.78 is 77.1. The van der Waals surface area contributed by atoms with Gasteiger partial charge in [-0.1, -0.05) is 0 Å². The number of rotatable bonds is 2. The average Bonchev–Trinajstić information content (AvgIpc) is 2.52. The van der Waals surface area contributed by atoms with Crippen molar-refractivity contribution in [1.82, 2.24) is 0 Å². The number of anilines is 1. The molecule has 0 fully saturated rings. The van der Waals surface area contributed by atoms with Crippen molar-refractivity contribution in [2.45, 2.75) is 12.4 Å². The van der Waals surface area contributed by atoms with Gasteiger partial charge in [-0.05, 0) is 42.5 Å². The van der Waals surface area contributed by atoms with Crippen LogP contribution in [-0.4, -0.2) is 18.1 Å². The van der Waals surface area contributed by atoms with Crippen LogP contribution < -0.4 is 4.90 Å². The third-order valence-electron chi connectivity index (χ3n) is 3.38. The fourth-order valence-corrected chi connectivity index (χ4v) is 2.07. The standard InChI is InChI=1S/C16H11F6NO2/c1-23(12-2-4-13(24)5-3-12)14(25)9-6-10(15(17,18)19)8-11(7-9)16(20,21)22/h2-8,24H,1H3. The van der Waals surface area contributed by atoms with Gasteiger partial charge in [-0.2, -0.15) is 26.3 Å². The first-order valence-electron chi connectivity index (χ1n) is 6.76. The zero-order valence-corrected chi connectivity index (χ0v) is 12.6. The Morgan fingerprint density at radius 2 is 1.32 bits per heavy atom. The first-order chi connectivity index (χ1) is 11.4. The van der Waals surface area contributed by atoms with Crippen LogP contribution in [0, 0.1) is 0 Å². The number of hydrogen-bond acceptors (Lipinski definition) is 2. The van der Waals surface area contributed by atoms with E-state index in [9.17, 15) is 36.2 Å². The number of alkyl halides is 6. The van der Waals surface area contributed by atoms with Crippen LogP contribution >= 0.6 is 0 Å². The van der Waals surface area contributed by atoms with Crippen LogP contribution in [0.2, 0.25) is 0 Å². The first-order valence-corrected chi connectivity index (χ1v) is 6.76. The molecule has 2 aromatic carbocycles. The molecule has 0 aliphatic carbocycles. The van der Waals surface area contributed by atoms with Crippen LogP contribution in [0.5, 0.6) is 5.75 Å². The summed E-state index contributed by atoms with van der Waals surface area (Å²) in [5.41, 5.74) is -3.69. The Balaban J connectivity index is 2.49. The molecule has 3 nitrogen and oxygen atoms in total. The molecule has 0 saturated carbocycles. The molecule has 1 N–H and O–H groups in total. The van der Waals surface area contributed by atoms with Crippen molar-refractivity contribution in [1.29, 1.82) is 0 Å². The Kier molecular flexibility index (Phi) is 4.70. The first kappa shape index (κ1) is 18.6. The lowest BCUT2D eigenvalue weighted by molar-refractivity contribution is -0.143. The van der Waals surface area contributed by atoms with Crippen LogP contribution in [0.25, 0.3) is 0 Å². The van der Waals surface area contributed by atoms with Crippen molar-refractivity contribution < 1.29 is 36.2 Å². The minimum Gasteiger partial charge on any atom is -0.508 e. The molecule has 0 heterocycles. The third-order valence-corrected chi connectivity index (χ3v) is 3.38. The van der Waals surface area contributed by atoms with Gasteiger partial charge >= 0.3 is 12.4 Å². The van der Waals surface area contributed by atoms with Crippen molar-refractivity contribution in [2.75, 3.05) is 11.9 Å². The molecule has 0 radical (unpaired) electrons. The fraction of sp³-hybridized carbons (Fsp3) is 0.188. The summed E-state index contributed by atoms with van der Waals surface area (Å²) in [6, 6.07) is 5.75. The van der Waals surface area contributed by atoms with Crippen LogP contribution in [-0.2, 0) is 12.4 Å². The molecule has 0 aliphatic heterocycles. The van der Waals surface area contributed by atoms with Gasteiger partial charge in [-0.15, -0.1) is 0 Å². The van der Waals surface area contributed by atoms with E-state index in [1.165, 1.54) is 31.3 Å². The van der Waals surface area contributed by atoms with Crippen molar-refractivity contribution in [3.8, 4) is 5.75 Å². The maximum Gasteiger partial charge on any atom is 0.416 e. The highest BCUT2D eigenvalue weighted by molar-refractivity contribution is 6.06. The van der Waals surface area contributed by atoms with Crippen molar-refractivity contribution in [3.05, 3.63) is 59.2 Å². The molecule has 0 bridgehead atoms. The number of halogens is 6. The molecule has 0 aliphatic rings. The molecule has 1 amide bonds. The monoisotopic (exact) mass is 363 g/mol. The normalized spacial score (nSPS) is 12.1. The van der Waals surface area contributed by atoms with E-state index in [1.807, 2.05) is 0 Å². The fourth-order valence-electron chi connectivity index (χ4n) is 2.07. The zero-order valence-electron chi connectivity index (χ0n) is 12.6. The highest BCUT2D eigenvalue weighted by Gasteiger charge is 2.37. The summed E-state index contributed by atoms with van der Waals surface area (Å²) in [4.78, 5) is 13.2. The number of carbonyl (C=O) groups is 1. The zero-order chi connectivity index (χ0) is 19.0. The van der Waals surface area contributed by atoms with E-state index in [0.717, 1.165) is 4.90 Å². The van der Waals surface area contributed by atoms with Crippen LogP contribution in [0.3, 0.4) is 0 Å². The SMILES string of the molecule is CN(C(=O)c1cc(C(F)(F)F)cc(C(F)(F)F)c1)c1ccc(O)cc1. The number of carbonyl (C=O) groups excluding carboxylic acids is 1. The number of benzene rings is 2. The largest absolute Gasteiger partial charge is 0.508 e. The summed E-state index contributed by atoms with van der Waals surface area (Å²) in [5, 5.41) is 9.19. The van der Waals surface area contributed by atoms with Gasteiger partial charge in [0.05, 0.1) is 11.1 Å². The maximum atomic E-state index is 12.8. The molecule has 0 saturated heterocycles. The van der Waals surface area contributed by atoms with Crippen molar-refractivity contribution in [2.24, 2.45) is 0 Å². The summed E-state index contributed by atoms with van der Waals surface area (Å²) in [6.45, 7) is 0. The summed E-state index contributed by atoms with van der Waals surface area (Å²) in [6.07, 6.45) is -10.1. The molecule has 134 valence electrons.